The van der Waals surface area contributed by atoms with Crippen LogP contribution in [0.3, 0.4) is 0 Å². The monoisotopic (exact) mass is 269 g/mol. The van der Waals surface area contributed by atoms with Crippen molar-refractivity contribution in [3.63, 3.8) is 0 Å². The van der Waals surface area contributed by atoms with Crippen LogP contribution in [0.4, 0.5) is 0 Å². The highest BCUT2D eigenvalue weighted by Crippen LogP contribution is 2.11. The number of hydrogen-bond acceptors (Lipinski definition) is 0. The van der Waals surface area contributed by atoms with E-state index in [2.05, 4.69) is 31.4 Å². The lowest BCUT2D eigenvalue weighted by atomic mass is 10.1. The fourth-order valence-corrected chi connectivity index (χ4v) is 4.31. The van der Waals surface area contributed by atoms with Crippen molar-refractivity contribution in [3.8, 4) is 0 Å². The molecule has 0 unspecified atom stereocenters. The zero-order valence-electron chi connectivity index (χ0n) is 10.1. The van der Waals surface area contributed by atoms with Gasteiger partial charge in [-0.05, 0) is 21.5 Å². The van der Waals surface area contributed by atoms with Gasteiger partial charge in [0.1, 0.15) is 0 Å². The van der Waals surface area contributed by atoms with Crippen molar-refractivity contribution in [3.05, 3.63) is 72.8 Å². The molecule has 0 saturated carbocycles. The van der Waals surface area contributed by atoms with Gasteiger partial charge in [0.05, 0.1) is 0 Å². The Balaban J connectivity index is 2.51. The van der Waals surface area contributed by atoms with Crippen molar-refractivity contribution in [1.29, 1.82) is 0 Å². The second-order valence-electron chi connectivity index (χ2n) is 3.90. The highest BCUT2D eigenvalue weighted by atomic mass is 35.6. The van der Waals surface area contributed by atoms with Gasteiger partial charge in [0.15, 0.2) is 0 Å². The first-order chi connectivity index (χ1) is 8.77. The summed E-state index contributed by atoms with van der Waals surface area (Å²) in [6.07, 6.45) is 3.71. The van der Waals surface area contributed by atoms with Crippen LogP contribution in [0, 0.1) is 0 Å². The Morgan fingerprint density at radius 2 is 1.61 bits per heavy atom. The van der Waals surface area contributed by atoms with Crippen LogP contribution < -0.4 is 10.4 Å². The topological polar surface area (TPSA) is 0 Å². The fraction of sp³-hybridized carbons (Fsp3) is 0. The molecule has 2 rings (SSSR count). The van der Waals surface area contributed by atoms with Gasteiger partial charge >= 0.3 is 0 Å². The first-order valence-electron chi connectivity index (χ1n) is 5.74. The normalized spacial score (nSPS) is 10.3. The van der Waals surface area contributed by atoms with E-state index in [0.717, 1.165) is 11.1 Å². The van der Waals surface area contributed by atoms with Gasteiger partial charge < -0.3 is 0 Å². The highest BCUT2D eigenvalue weighted by molar-refractivity contribution is 7.21. The second-order valence-corrected chi connectivity index (χ2v) is 6.77. The molecule has 0 N–H and O–H groups in total. The number of benzene rings is 2. The van der Waals surface area contributed by atoms with E-state index in [1.807, 2.05) is 42.5 Å². The van der Waals surface area contributed by atoms with E-state index in [-0.39, 0.29) is 0 Å². The third kappa shape index (κ3) is 2.47. The van der Waals surface area contributed by atoms with E-state index in [1.54, 1.807) is 0 Å². The molecular formula is C16H14ClSi. The lowest BCUT2D eigenvalue weighted by Gasteiger charge is -2.13. The van der Waals surface area contributed by atoms with E-state index in [0.29, 0.717) is 0 Å². The lowest BCUT2D eigenvalue weighted by Crippen LogP contribution is -2.38. The quantitative estimate of drug-likeness (QED) is 0.590. The molecule has 0 heterocycles. The Kier molecular flexibility index (Phi) is 4.18. The summed E-state index contributed by atoms with van der Waals surface area (Å²) < 4.78 is 0. The number of rotatable bonds is 4. The lowest BCUT2D eigenvalue weighted by molar-refractivity contribution is 1.66. The van der Waals surface area contributed by atoms with Gasteiger partial charge in [0, 0.05) is 0 Å². The maximum absolute atomic E-state index is 6.66. The molecule has 0 aromatic heterocycles. The average molecular weight is 270 g/mol. The van der Waals surface area contributed by atoms with E-state index < -0.39 is 8.11 Å². The molecule has 0 amide bonds. The Hall–Kier alpha value is -1.57. The smallest absolute Gasteiger partial charge is 0.156 e. The van der Waals surface area contributed by atoms with Crippen LogP contribution in [0.1, 0.15) is 11.1 Å². The molecule has 0 spiro atoms. The van der Waals surface area contributed by atoms with Crippen molar-refractivity contribution in [1.82, 2.24) is 0 Å². The van der Waals surface area contributed by atoms with Crippen molar-refractivity contribution in [2.45, 2.75) is 0 Å². The summed E-state index contributed by atoms with van der Waals surface area (Å²) in [5.41, 5.74) is 2.18. The largest absolute Gasteiger partial charge is 0.234 e. The molecule has 0 fully saturated rings. The fourth-order valence-electron chi connectivity index (χ4n) is 1.92. The van der Waals surface area contributed by atoms with E-state index in [9.17, 15) is 0 Å². The zero-order chi connectivity index (χ0) is 13.0. The maximum atomic E-state index is 6.66. The first kappa shape index (κ1) is 12.9. The summed E-state index contributed by atoms with van der Waals surface area (Å²) in [7, 11) is -1.27. The zero-order valence-corrected chi connectivity index (χ0v) is 11.8. The maximum Gasteiger partial charge on any atom is 0.234 e. The van der Waals surface area contributed by atoms with Crippen molar-refractivity contribution in [2.75, 3.05) is 0 Å². The van der Waals surface area contributed by atoms with Crippen LogP contribution in [0.5, 0.6) is 0 Å². The summed E-state index contributed by atoms with van der Waals surface area (Å²) in [4.78, 5) is 0. The molecule has 0 aliphatic heterocycles. The van der Waals surface area contributed by atoms with Gasteiger partial charge in [-0.2, -0.15) is 11.1 Å². The molecule has 0 aliphatic rings. The average Bonchev–Trinajstić information content (AvgIpc) is 2.46. The SMILES string of the molecule is C=Cc1cccc([Si](Cl)c2ccccc2)c1C=C. The summed E-state index contributed by atoms with van der Waals surface area (Å²) in [6.45, 7) is 7.72. The molecule has 0 bridgehead atoms. The van der Waals surface area contributed by atoms with Gasteiger partial charge in [-0.3, -0.25) is 0 Å². The molecule has 0 atom stereocenters. The van der Waals surface area contributed by atoms with E-state index in [4.69, 9.17) is 11.1 Å². The summed E-state index contributed by atoms with van der Waals surface area (Å²) in [5.74, 6) is 0. The van der Waals surface area contributed by atoms with Gasteiger partial charge in [0.25, 0.3) is 0 Å². The van der Waals surface area contributed by atoms with Gasteiger partial charge in [0.2, 0.25) is 8.11 Å². The molecule has 2 aromatic rings. The molecule has 18 heavy (non-hydrogen) atoms. The predicted octanol–water partition coefficient (Wildman–Crippen LogP) is 3.32. The molecule has 2 aromatic carbocycles. The first-order valence-corrected chi connectivity index (χ1v) is 8.25. The molecular weight excluding hydrogens is 256 g/mol. The molecule has 2 heteroatoms. The molecule has 1 radical (unpaired) electrons. The predicted molar refractivity (Wildman–Crippen MR) is 83.9 cm³/mol. The standard InChI is InChI=1S/C16H14ClSi/c1-3-13-9-8-12-16(15(13)4-2)18(17)14-10-6-5-7-11-14/h3-12H,1-2H2. The molecule has 0 aliphatic carbocycles. The molecule has 0 saturated heterocycles. The van der Waals surface area contributed by atoms with Crippen LogP contribution in [0.15, 0.2) is 61.7 Å². The minimum Gasteiger partial charge on any atom is -0.156 e. The van der Waals surface area contributed by atoms with E-state index in [1.165, 1.54) is 10.4 Å². The Morgan fingerprint density at radius 1 is 0.889 bits per heavy atom. The Bertz CT molecular complexity index is 561. The van der Waals surface area contributed by atoms with Gasteiger partial charge in [-0.15, -0.1) is 0 Å². The van der Waals surface area contributed by atoms with E-state index >= 15 is 0 Å². The summed E-state index contributed by atoms with van der Waals surface area (Å²) in [6, 6.07) is 16.3. The third-order valence-electron chi connectivity index (χ3n) is 2.83. The summed E-state index contributed by atoms with van der Waals surface area (Å²) >= 11 is 6.66. The number of hydrogen-bond donors (Lipinski definition) is 0. The summed E-state index contributed by atoms with van der Waals surface area (Å²) in [5, 5.41) is 2.36. The van der Waals surface area contributed by atoms with Crippen molar-refractivity contribution >= 4 is 41.7 Å². The van der Waals surface area contributed by atoms with Crippen LogP contribution >= 0.6 is 11.1 Å². The second kappa shape index (κ2) is 5.85. The van der Waals surface area contributed by atoms with Crippen LogP contribution in [0.2, 0.25) is 0 Å². The van der Waals surface area contributed by atoms with Crippen molar-refractivity contribution in [2.24, 2.45) is 0 Å². The Labute approximate surface area is 115 Å². The minimum absolute atomic E-state index is 1.08. The molecule has 0 nitrogen and oxygen atoms in total. The minimum atomic E-state index is -1.27. The highest BCUT2D eigenvalue weighted by Gasteiger charge is 2.17. The van der Waals surface area contributed by atoms with Gasteiger partial charge in [-0.25, -0.2) is 0 Å². The molecule has 89 valence electrons. The van der Waals surface area contributed by atoms with Crippen LogP contribution in [-0.2, 0) is 0 Å². The Morgan fingerprint density at radius 3 is 2.22 bits per heavy atom. The van der Waals surface area contributed by atoms with Crippen molar-refractivity contribution < 1.29 is 0 Å². The van der Waals surface area contributed by atoms with Crippen LogP contribution in [-0.4, -0.2) is 8.11 Å². The van der Waals surface area contributed by atoms with Gasteiger partial charge in [-0.1, -0.05) is 73.8 Å². The van der Waals surface area contributed by atoms with Crippen LogP contribution in [0.25, 0.3) is 12.2 Å². The number of halogens is 1. The third-order valence-corrected chi connectivity index (χ3v) is 5.84.